The Bertz CT molecular complexity index is 1190. The summed E-state index contributed by atoms with van der Waals surface area (Å²) < 4.78 is 9.47. The third-order valence-electron chi connectivity index (χ3n) is 4.85. The van der Waals surface area contributed by atoms with Crippen molar-refractivity contribution in [2.75, 3.05) is 6.61 Å². The zero-order valence-corrected chi connectivity index (χ0v) is 13.9. The molecule has 4 aromatic rings. The second-order valence-corrected chi connectivity index (χ2v) is 6.42. The Balaban J connectivity index is 2.09. The largest absolute Gasteiger partial charge is 0.491 e. The maximum Gasteiger partial charge on any atom is 0.329 e. The third kappa shape index (κ3) is 1.82. The zero-order chi connectivity index (χ0) is 17.1. The maximum atomic E-state index is 13.0. The summed E-state index contributed by atoms with van der Waals surface area (Å²) in [7, 11) is 1.80. The van der Waals surface area contributed by atoms with Gasteiger partial charge in [0.05, 0.1) is 33.7 Å². The summed E-state index contributed by atoms with van der Waals surface area (Å²) in [6, 6.07) is 9.61. The van der Waals surface area contributed by atoms with Crippen LogP contribution < -0.4 is 10.4 Å². The van der Waals surface area contributed by atoms with Crippen LogP contribution in [0.4, 0.5) is 0 Å². The van der Waals surface area contributed by atoms with E-state index in [1.165, 1.54) is 0 Å². The van der Waals surface area contributed by atoms with E-state index < -0.39 is 0 Å². The zero-order valence-electron chi connectivity index (χ0n) is 13.9. The molecule has 6 nitrogen and oxygen atoms in total. The maximum absolute atomic E-state index is 13.0. The van der Waals surface area contributed by atoms with E-state index in [0.717, 1.165) is 38.9 Å². The quantitative estimate of drug-likeness (QED) is 0.538. The van der Waals surface area contributed by atoms with Gasteiger partial charge in [-0.15, -0.1) is 0 Å². The van der Waals surface area contributed by atoms with Crippen LogP contribution in [0.3, 0.4) is 0 Å². The normalized spacial score (nSPS) is 16.3. The lowest BCUT2D eigenvalue weighted by atomic mass is 10.1. The van der Waals surface area contributed by atoms with Gasteiger partial charge in [-0.2, -0.15) is 0 Å². The number of aryl methyl sites for hydroxylation is 1. The summed E-state index contributed by atoms with van der Waals surface area (Å²) in [5.41, 5.74) is 4.12. The monoisotopic (exact) mass is 332 g/mol. The molecule has 1 unspecified atom stereocenters. The van der Waals surface area contributed by atoms with Crippen molar-refractivity contribution in [2.24, 2.45) is 7.05 Å². The van der Waals surface area contributed by atoms with Crippen molar-refractivity contribution in [3.8, 4) is 17.0 Å². The van der Waals surface area contributed by atoms with Gasteiger partial charge in [0, 0.05) is 25.0 Å². The lowest BCUT2D eigenvalue weighted by Crippen LogP contribution is -2.27. The van der Waals surface area contributed by atoms with Crippen LogP contribution in [0.1, 0.15) is 13.0 Å². The van der Waals surface area contributed by atoms with E-state index in [4.69, 9.17) is 9.72 Å². The number of imidazole rings is 1. The standard InChI is InChI=1S/C19H16N4O2/c1-11-10-25-14-7-3-6-13-15(14)17-18(22(2)19(24)23(11)17)16(21-13)12-5-4-8-20-9-12/h3-9,11H,10H2,1-2H3. The molecule has 0 N–H and O–H groups in total. The van der Waals surface area contributed by atoms with Crippen LogP contribution in [0.5, 0.6) is 5.75 Å². The Morgan fingerprint density at radius 1 is 1.20 bits per heavy atom. The molecule has 1 aliphatic heterocycles. The molecule has 0 spiro atoms. The molecule has 6 heteroatoms. The molecular formula is C19H16N4O2. The first-order valence-corrected chi connectivity index (χ1v) is 8.23. The van der Waals surface area contributed by atoms with Gasteiger partial charge in [0.2, 0.25) is 0 Å². The summed E-state index contributed by atoms with van der Waals surface area (Å²) in [5.74, 6) is 0.774. The Morgan fingerprint density at radius 2 is 2.08 bits per heavy atom. The molecule has 0 saturated heterocycles. The molecule has 124 valence electrons. The molecule has 5 rings (SSSR count). The van der Waals surface area contributed by atoms with Gasteiger partial charge in [0.1, 0.15) is 12.4 Å². The Morgan fingerprint density at radius 3 is 2.88 bits per heavy atom. The van der Waals surface area contributed by atoms with Gasteiger partial charge in [-0.1, -0.05) is 6.07 Å². The highest BCUT2D eigenvalue weighted by Crippen LogP contribution is 2.38. The molecule has 25 heavy (non-hydrogen) atoms. The highest BCUT2D eigenvalue weighted by molar-refractivity contribution is 6.10. The van der Waals surface area contributed by atoms with Gasteiger partial charge < -0.3 is 4.74 Å². The number of ether oxygens (including phenoxy) is 1. The summed E-state index contributed by atoms with van der Waals surface area (Å²) in [6.45, 7) is 2.46. The van der Waals surface area contributed by atoms with Crippen LogP contribution in [0.25, 0.3) is 33.2 Å². The van der Waals surface area contributed by atoms with E-state index in [0.29, 0.717) is 6.61 Å². The Kier molecular flexibility index (Phi) is 2.80. The fourth-order valence-electron chi connectivity index (χ4n) is 3.68. The summed E-state index contributed by atoms with van der Waals surface area (Å²) in [5, 5.41) is 0.896. The van der Waals surface area contributed by atoms with Crippen molar-refractivity contribution in [2.45, 2.75) is 13.0 Å². The van der Waals surface area contributed by atoms with Gasteiger partial charge >= 0.3 is 5.69 Å². The van der Waals surface area contributed by atoms with Crippen molar-refractivity contribution >= 4 is 21.9 Å². The molecule has 1 atom stereocenters. The van der Waals surface area contributed by atoms with Crippen LogP contribution in [-0.2, 0) is 7.05 Å². The number of benzene rings is 1. The molecular weight excluding hydrogens is 316 g/mol. The molecule has 0 fully saturated rings. The molecule has 0 radical (unpaired) electrons. The van der Waals surface area contributed by atoms with E-state index in [9.17, 15) is 4.79 Å². The number of nitrogens with zero attached hydrogens (tertiary/aromatic N) is 4. The predicted molar refractivity (Wildman–Crippen MR) is 95.9 cm³/mol. The smallest absolute Gasteiger partial charge is 0.329 e. The summed E-state index contributed by atoms with van der Waals surface area (Å²) in [6.07, 6.45) is 3.51. The van der Waals surface area contributed by atoms with Gasteiger partial charge in [-0.25, -0.2) is 9.78 Å². The average molecular weight is 332 g/mol. The second-order valence-electron chi connectivity index (χ2n) is 6.42. The fourth-order valence-corrected chi connectivity index (χ4v) is 3.68. The van der Waals surface area contributed by atoms with Crippen molar-refractivity contribution < 1.29 is 4.74 Å². The van der Waals surface area contributed by atoms with Crippen molar-refractivity contribution in [3.05, 3.63) is 53.2 Å². The van der Waals surface area contributed by atoms with E-state index in [2.05, 4.69) is 4.98 Å². The first kappa shape index (κ1) is 14.2. The lowest BCUT2D eigenvalue weighted by molar-refractivity contribution is 0.267. The number of aromatic nitrogens is 4. The van der Waals surface area contributed by atoms with Crippen LogP contribution in [-0.4, -0.2) is 25.7 Å². The van der Waals surface area contributed by atoms with Gasteiger partial charge in [-0.3, -0.25) is 14.1 Å². The van der Waals surface area contributed by atoms with Crippen LogP contribution in [0, 0.1) is 0 Å². The van der Waals surface area contributed by atoms with Crippen molar-refractivity contribution in [3.63, 3.8) is 0 Å². The molecule has 0 amide bonds. The van der Waals surface area contributed by atoms with E-state index in [-0.39, 0.29) is 11.7 Å². The first-order valence-electron chi connectivity index (χ1n) is 8.23. The third-order valence-corrected chi connectivity index (χ3v) is 4.85. The Labute approximate surface area is 143 Å². The topological polar surface area (TPSA) is 61.9 Å². The highest BCUT2D eigenvalue weighted by Gasteiger charge is 2.26. The average Bonchev–Trinajstić information content (AvgIpc) is 2.81. The van der Waals surface area contributed by atoms with Crippen LogP contribution >= 0.6 is 0 Å². The summed E-state index contributed by atoms with van der Waals surface area (Å²) >= 11 is 0. The summed E-state index contributed by atoms with van der Waals surface area (Å²) in [4.78, 5) is 22.0. The lowest BCUT2D eigenvalue weighted by Gasteiger charge is -2.10. The van der Waals surface area contributed by atoms with Gasteiger partial charge in [-0.05, 0) is 31.2 Å². The van der Waals surface area contributed by atoms with Crippen LogP contribution in [0.2, 0.25) is 0 Å². The SMILES string of the molecule is CC1COc2cccc3nc(-c4cccnc4)c4c(c23)n1c(=O)n4C. The molecule has 0 aliphatic carbocycles. The molecule has 1 aromatic carbocycles. The molecule has 0 bridgehead atoms. The Hall–Kier alpha value is -3.15. The highest BCUT2D eigenvalue weighted by atomic mass is 16.5. The predicted octanol–water partition coefficient (Wildman–Crippen LogP) is 2.90. The minimum atomic E-state index is -0.0593. The number of rotatable bonds is 1. The number of hydrogen-bond donors (Lipinski definition) is 0. The fraction of sp³-hybridized carbons (Fsp3) is 0.211. The molecule has 1 aliphatic rings. The van der Waals surface area contributed by atoms with E-state index in [1.54, 1.807) is 24.0 Å². The van der Waals surface area contributed by atoms with Crippen molar-refractivity contribution in [1.82, 2.24) is 19.1 Å². The molecule has 4 heterocycles. The number of pyridine rings is 2. The molecule has 3 aromatic heterocycles. The van der Waals surface area contributed by atoms with Crippen molar-refractivity contribution in [1.29, 1.82) is 0 Å². The van der Waals surface area contributed by atoms with E-state index in [1.807, 2.05) is 41.8 Å². The first-order chi connectivity index (χ1) is 12.2. The minimum Gasteiger partial charge on any atom is -0.491 e. The minimum absolute atomic E-state index is 0.0535. The van der Waals surface area contributed by atoms with Gasteiger partial charge in [0.25, 0.3) is 0 Å². The van der Waals surface area contributed by atoms with E-state index >= 15 is 0 Å². The second kappa shape index (κ2) is 4.92. The van der Waals surface area contributed by atoms with Gasteiger partial charge in [0.15, 0.2) is 0 Å². The number of hydrogen-bond acceptors (Lipinski definition) is 4. The van der Waals surface area contributed by atoms with Crippen LogP contribution in [0.15, 0.2) is 47.5 Å². The molecule has 0 saturated carbocycles.